The van der Waals surface area contributed by atoms with Crippen LogP contribution in [0.25, 0.3) is 0 Å². The summed E-state index contributed by atoms with van der Waals surface area (Å²) in [6.07, 6.45) is 0.837. The molecule has 0 heterocycles. The highest BCUT2D eigenvalue weighted by atomic mass is 31.2. The molecule has 0 bridgehead atoms. The van der Waals surface area contributed by atoms with Gasteiger partial charge in [0.2, 0.25) is 0 Å². The lowest BCUT2D eigenvalue weighted by atomic mass is 10.1. The smallest absolute Gasteiger partial charge is 0.258 e. The van der Waals surface area contributed by atoms with Gasteiger partial charge in [-0.2, -0.15) is 0 Å². The molecule has 202 valence electrons. The van der Waals surface area contributed by atoms with E-state index in [4.69, 9.17) is 10.2 Å². The van der Waals surface area contributed by atoms with Crippen molar-refractivity contribution in [2.75, 3.05) is 0 Å². The van der Waals surface area contributed by atoms with Gasteiger partial charge in [0.25, 0.3) is 14.7 Å². The topological polar surface area (TPSA) is 115 Å². The Bertz CT molecular complexity index is 1090. The minimum atomic E-state index is -3.40. The monoisotopic (exact) mass is 554 g/mol. The highest BCUT2D eigenvalue weighted by molar-refractivity contribution is 7.73. The van der Waals surface area contributed by atoms with Gasteiger partial charge in [0.1, 0.15) is 0 Å². The summed E-state index contributed by atoms with van der Waals surface area (Å²) in [6, 6.07) is 34.8. The molecule has 0 radical (unpaired) electrons. The van der Waals surface area contributed by atoms with E-state index >= 15 is 0 Å². The van der Waals surface area contributed by atoms with Crippen molar-refractivity contribution in [3.63, 3.8) is 0 Å². The van der Waals surface area contributed by atoms with Crippen LogP contribution in [0.5, 0.6) is 0 Å². The van der Waals surface area contributed by atoms with E-state index in [0.717, 1.165) is 0 Å². The van der Waals surface area contributed by atoms with Gasteiger partial charge in [0.15, 0.2) is 0 Å². The molecule has 0 aromatic heterocycles. The summed E-state index contributed by atoms with van der Waals surface area (Å²) < 4.78 is 24.3. The Balaban J connectivity index is 0.000000211. The number of hydrogen-bond acceptors (Lipinski definition) is 4. The summed E-state index contributed by atoms with van der Waals surface area (Å²) in [7, 11) is -6.79. The molecule has 0 amide bonds. The summed E-state index contributed by atoms with van der Waals surface area (Å²) >= 11 is 0. The van der Waals surface area contributed by atoms with Crippen molar-refractivity contribution in [2.45, 2.75) is 38.9 Å². The van der Waals surface area contributed by atoms with E-state index in [2.05, 4.69) is 0 Å². The van der Waals surface area contributed by atoms with Gasteiger partial charge in [-0.1, -0.05) is 72.8 Å². The second-order valence-corrected chi connectivity index (χ2v) is 13.1. The van der Waals surface area contributed by atoms with Crippen LogP contribution in [0.15, 0.2) is 121 Å². The first kappa shape index (κ1) is 31.4. The maximum Gasteiger partial charge on any atom is 0.258 e. The Morgan fingerprint density at radius 2 is 0.658 bits per heavy atom. The molecule has 0 aliphatic rings. The van der Waals surface area contributed by atoms with Gasteiger partial charge in [-0.15, -0.1) is 0 Å². The predicted molar refractivity (Wildman–Crippen MR) is 157 cm³/mol. The van der Waals surface area contributed by atoms with Crippen molar-refractivity contribution >= 4 is 36.0 Å². The Labute approximate surface area is 225 Å². The number of rotatable bonds is 7. The van der Waals surface area contributed by atoms with Crippen LogP contribution in [0.2, 0.25) is 0 Å². The first-order valence-corrected chi connectivity index (χ1v) is 15.6. The molecule has 0 aliphatic carbocycles. The van der Waals surface area contributed by atoms with E-state index in [-0.39, 0.29) is 12.2 Å². The summed E-state index contributed by atoms with van der Waals surface area (Å²) in [5.41, 5.74) is 0. The molecule has 0 saturated heterocycles. The van der Waals surface area contributed by atoms with Gasteiger partial charge in [-0.3, -0.25) is 9.13 Å². The molecule has 6 nitrogen and oxygen atoms in total. The molecule has 2 atom stereocenters. The second kappa shape index (κ2) is 15.6. The van der Waals surface area contributed by atoms with E-state index in [1.54, 1.807) is 111 Å². The van der Waals surface area contributed by atoms with Crippen molar-refractivity contribution in [2.24, 2.45) is 0 Å². The molecular weight excluding hydrogens is 518 g/mol. The van der Waals surface area contributed by atoms with Crippen molar-refractivity contribution in [1.82, 2.24) is 0 Å². The minimum Gasteiger partial charge on any atom is -0.393 e. The highest BCUT2D eigenvalue weighted by Gasteiger charge is 2.23. The normalized spacial score (nSPS) is 12.7. The lowest BCUT2D eigenvalue weighted by molar-refractivity contribution is 0.133. The molecule has 4 rings (SSSR count). The third-order valence-corrected chi connectivity index (χ3v) is 9.42. The van der Waals surface area contributed by atoms with Gasteiger partial charge >= 0.3 is 0 Å². The zero-order valence-electron chi connectivity index (χ0n) is 21.6. The predicted octanol–water partition coefficient (Wildman–Crippen LogP) is 4.34. The Morgan fingerprint density at radius 3 is 0.816 bits per heavy atom. The van der Waals surface area contributed by atoms with Crippen LogP contribution in [0.1, 0.15) is 26.7 Å². The molecule has 0 saturated carbocycles. The van der Waals surface area contributed by atoms with Crippen molar-refractivity contribution < 1.29 is 29.1 Å². The molecule has 8 heteroatoms. The van der Waals surface area contributed by atoms with Crippen molar-refractivity contribution in [3.8, 4) is 0 Å². The largest absolute Gasteiger partial charge is 0.393 e. The van der Waals surface area contributed by atoms with E-state index in [1.807, 2.05) is 24.3 Å². The lowest BCUT2D eigenvalue weighted by Gasteiger charge is -2.11. The molecule has 4 aromatic rings. The standard InChI is InChI=1S/2C12H11O2P.C6H14O2/c2*13-15(14,11-7-3-1-4-8-11)12-9-5-2-6-10-12;1-5(7)3-4-6(2)8/h2*1-10H,(H,13,14);5-8H,3-4H2,1-2H3. The first-order chi connectivity index (χ1) is 18.0. The summed E-state index contributed by atoms with van der Waals surface area (Å²) in [5.74, 6) is 0. The van der Waals surface area contributed by atoms with Gasteiger partial charge < -0.3 is 20.0 Å². The first-order valence-electron chi connectivity index (χ1n) is 12.3. The molecular formula is C30H36O6P2. The molecule has 0 spiro atoms. The van der Waals surface area contributed by atoms with Crippen LogP contribution in [0.4, 0.5) is 0 Å². The second-order valence-electron chi connectivity index (χ2n) is 8.77. The lowest BCUT2D eigenvalue weighted by Crippen LogP contribution is -2.14. The highest BCUT2D eigenvalue weighted by Crippen LogP contribution is 2.38. The fourth-order valence-electron chi connectivity index (χ4n) is 3.30. The molecule has 0 aliphatic heterocycles. The zero-order valence-corrected chi connectivity index (χ0v) is 23.4. The van der Waals surface area contributed by atoms with Crippen LogP contribution in [0, 0.1) is 0 Å². The molecule has 0 fully saturated rings. The van der Waals surface area contributed by atoms with Crippen LogP contribution in [-0.4, -0.2) is 32.2 Å². The quantitative estimate of drug-likeness (QED) is 0.253. The number of aliphatic hydroxyl groups excluding tert-OH is 2. The third kappa shape index (κ3) is 10.2. The maximum atomic E-state index is 12.2. The summed E-state index contributed by atoms with van der Waals surface area (Å²) in [4.78, 5) is 20.0. The Kier molecular flexibility index (Phi) is 12.9. The number of aliphatic hydroxyl groups is 2. The van der Waals surface area contributed by atoms with Crippen LogP contribution in [-0.2, 0) is 9.13 Å². The molecule has 2 unspecified atom stereocenters. The average molecular weight is 555 g/mol. The van der Waals surface area contributed by atoms with Gasteiger partial charge in [-0.25, -0.2) is 0 Å². The molecule has 4 N–H and O–H groups in total. The van der Waals surface area contributed by atoms with Crippen molar-refractivity contribution in [3.05, 3.63) is 121 Å². The Hall–Kier alpha value is -2.82. The fourth-order valence-corrected chi connectivity index (χ4v) is 6.20. The van der Waals surface area contributed by atoms with Crippen LogP contribution >= 0.6 is 14.7 Å². The van der Waals surface area contributed by atoms with Gasteiger partial charge in [-0.05, 0) is 75.2 Å². The SMILES string of the molecule is CC(O)CCC(C)O.O=P(O)(c1ccccc1)c1ccccc1.O=P(O)(c1ccccc1)c1ccccc1. The Morgan fingerprint density at radius 1 is 0.474 bits per heavy atom. The molecule has 4 aromatic carbocycles. The minimum absolute atomic E-state index is 0.274. The fraction of sp³-hybridized carbons (Fsp3) is 0.200. The number of hydrogen-bond donors (Lipinski definition) is 4. The van der Waals surface area contributed by atoms with Crippen molar-refractivity contribution in [1.29, 1.82) is 0 Å². The van der Waals surface area contributed by atoms with E-state index in [9.17, 15) is 18.9 Å². The van der Waals surface area contributed by atoms with E-state index < -0.39 is 14.7 Å². The van der Waals surface area contributed by atoms with E-state index in [0.29, 0.717) is 34.1 Å². The summed E-state index contributed by atoms with van der Waals surface area (Å²) in [6.45, 7) is 3.45. The summed E-state index contributed by atoms with van der Waals surface area (Å²) in [5, 5.41) is 19.3. The van der Waals surface area contributed by atoms with Gasteiger partial charge in [0, 0.05) is 21.2 Å². The number of benzene rings is 4. The maximum absolute atomic E-state index is 12.2. The van der Waals surface area contributed by atoms with Crippen LogP contribution < -0.4 is 21.2 Å². The third-order valence-electron chi connectivity index (χ3n) is 5.43. The zero-order chi connectivity index (χ0) is 28.0. The average Bonchev–Trinajstić information content (AvgIpc) is 2.94. The van der Waals surface area contributed by atoms with Crippen LogP contribution in [0.3, 0.4) is 0 Å². The van der Waals surface area contributed by atoms with Gasteiger partial charge in [0.05, 0.1) is 12.2 Å². The molecule has 38 heavy (non-hydrogen) atoms. The van der Waals surface area contributed by atoms with E-state index in [1.165, 1.54) is 0 Å².